The van der Waals surface area contributed by atoms with Crippen molar-refractivity contribution in [2.24, 2.45) is 11.7 Å². The molecule has 6 heteroatoms. The number of amides is 1. The van der Waals surface area contributed by atoms with Crippen molar-refractivity contribution in [2.75, 3.05) is 6.61 Å². The van der Waals surface area contributed by atoms with Gasteiger partial charge in [0.05, 0.1) is 12.2 Å². The fraction of sp³-hybridized carbons (Fsp3) is 0.409. The molecule has 0 saturated heterocycles. The zero-order valence-electron chi connectivity index (χ0n) is 15.6. The van der Waals surface area contributed by atoms with E-state index in [1.165, 1.54) is 50.3 Å². The first-order chi connectivity index (χ1) is 13.4. The molecule has 0 aliphatic heterocycles. The van der Waals surface area contributed by atoms with Crippen molar-refractivity contribution in [3.8, 4) is 5.75 Å². The Morgan fingerprint density at radius 3 is 2.54 bits per heavy atom. The van der Waals surface area contributed by atoms with E-state index in [1.54, 1.807) is 12.1 Å². The number of halogens is 3. The number of hydrogen-bond donors (Lipinski definition) is 1. The molecule has 1 aliphatic rings. The molecule has 1 saturated carbocycles. The maximum Gasteiger partial charge on any atom is 0.252 e. The fourth-order valence-corrected chi connectivity index (χ4v) is 4.30. The van der Waals surface area contributed by atoms with Gasteiger partial charge in [-0.1, -0.05) is 38.2 Å². The minimum absolute atomic E-state index is 0.0672. The highest BCUT2D eigenvalue weighted by Gasteiger charge is 2.20. The van der Waals surface area contributed by atoms with Crippen LogP contribution in [0.4, 0.5) is 8.78 Å². The van der Waals surface area contributed by atoms with E-state index in [0.29, 0.717) is 23.7 Å². The molecule has 3 rings (SSSR count). The molecule has 2 N–H and O–H groups in total. The summed E-state index contributed by atoms with van der Waals surface area (Å²) < 4.78 is 35.0. The largest absolute Gasteiger partial charge is 0.493 e. The Balaban J connectivity index is 1.80. The first-order valence-corrected chi connectivity index (χ1v) is 10.7. The first kappa shape index (κ1) is 21.0. The van der Waals surface area contributed by atoms with E-state index in [1.807, 2.05) is 22.6 Å². The molecule has 0 atom stereocenters. The van der Waals surface area contributed by atoms with Crippen molar-refractivity contribution in [1.29, 1.82) is 0 Å². The van der Waals surface area contributed by atoms with E-state index in [2.05, 4.69) is 0 Å². The molecule has 0 spiro atoms. The van der Waals surface area contributed by atoms with Gasteiger partial charge in [-0.3, -0.25) is 4.79 Å². The molecule has 3 nitrogen and oxygen atoms in total. The van der Waals surface area contributed by atoms with Gasteiger partial charge < -0.3 is 10.5 Å². The number of nitrogens with two attached hydrogens (primary N) is 1. The van der Waals surface area contributed by atoms with E-state index in [9.17, 15) is 13.6 Å². The molecule has 0 aromatic heterocycles. The second-order valence-corrected chi connectivity index (χ2v) is 8.60. The number of primary amides is 1. The standard InChI is InChI=1S/C22H24F2INO2/c23-17-11-16(10-15-6-7-18(25)13-19(15)24)21(22(26)27)20(12-17)28-9-8-14-4-2-1-3-5-14/h6-7,11-14H,1-5,8-10H2,(H2,26,27). The van der Waals surface area contributed by atoms with Crippen LogP contribution in [-0.4, -0.2) is 12.5 Å². The van der Waals surface area contributed by atoms with Gasteiger partial charge in [-0.25, -0.2) is 8.78 Å². The lowest BCUT2D eigenvalue weighted by atomic mass is 9.87. The van der Waals surface area contributed by atoms with Crippen LogP contribution in [-0.2, 0) is 6.42 Å². The van der Waals surface area contributed by atoms with E-state index in [-0.39, 0.29) is 17.7 Å². The summed E-state index contributed by atoms with van der Waals surface area (Å²) >= 11 is 2.02. The van der Waals surface area contributed by atoms with Crippen molar-refractivity contribution in [3.63, 3.8) is 0 Å². The Kier molecular flexibility index (Phi) is 7.26. The summed E-state index contributed by atoms with van der Waals surface area (Å²) in [6.07, 6.45) is 7.07. The summed E-state index contributed by atoms with van der Waals surface area (Å²) in [4.78, 5) is 12.1. The molecular formula is C22H24F2INO2. The van der Waals surface area contributed by atoms with Gasteiger partial charge in [0.15, 0.2) is 0 Å². The van der Waals surface area contributed by atoms with Crippen molar-refractivity contribution in [1.82, 2.24) is 0 Å². The highest BCUT2D eigenvalue weighted by atomic mass is 127. The van der Waals surface area contributed by atoms with Crippen LogP contribution in [0.25, 0.3) is 0 Å². The summed E-state index contributed by atoms with van der Waals surface area (Å²) in [5.41, 5.74) is 6.40. The lowest BCUT2D eigenvalue weighted by Gasteiger charge is -2.22. The van der Waals surface area contributed by atoms with Gasteiger partial charge in [0.2, 0.25) is 0 Å². The smallest absolute Gasteiger partial charge is 0.252 e. The van der Waals surface area contributed by atoms with E-state index in [4.69, 9.17) is 10.5 Å². The molecule has 0 heterocycles. The number of carbonyl (C=O) groups is 1. The van der Waals surface area contributed by atoms with Crippen molar-refractivity contribution < 1.29 is 18.3 Å². The summed E-state index contributed by atoms with van der Waals surface area (Å²) in [7, 11) is 0. The Hall–Kier alpha value is -1.70. The third kappa shape index (κ3) is 5.43. The normalized spacial score (nSPS) is 14.8. The molecule has 2 aromatic carbocycles. The second-order valence-electron chi connectivity index (χ2n) is 7.36. The fourth-order valence-electron chi connectivity index (χ4n) is 3.85. The minimum atomic E-state index is -0.700. The zero-order chi connectivity index (χ0) is 20.1. The van der Waals surface area contributed by atoms with E-state index < -0.39 is 17.5 Å². The second kappa shape index (κ2) is 9.67. The number of benzene rings is 2. The van der Waals surface area contributed by atoms with Crippen LogP contribution in [0.3, 0.4) is 0 Å². The summed E-state index contributed by atoms with van der Waals surface area (Å²) in [6, 6.07) is 7.22. The maximum atomic E-state index is 14.2. The summed E-state index contributed by atoms with van der Waals surface area (Å²) in [6.45, 7) is 0.408. The molecular weight excluding hydrogens is 475 g/mol. The summed E-state index contributed by atoms with van der Waals surface area (Å²) in [5, 5.41) is 0. The quantitative estimate of drug-likeness (QED) is 0.504. The Morgan fingerprint density at radius 1 is 1.11 bits per heavy atom. The first-order valence-electron chi connectivity index (χ1n) is 9.63. The molecule has 2 aromatic rings. The van der Waals surface area contributed by atoms with Crippen LogP contribution in [0.15, 0.2) is 30.3 Å². The number of ether oxygens (including phenoxy) is 1. The molecule has 150 valence electrons. The van der Waals surface area contributed by atoms with Gasteiger partial charge in [-0.05, 0) is 64.3 Å². The molecule has 1 amide bonds. The minimum Gasteiger partial charge on any atom is -0.493 e. The lowest BCUT2D eigenvalue weighted by molar-refractivity contribution is 0.0995. The third-order valence-corrected chi connectivity index (χ3v) is 5.97. The van der Waals surface area contributed by atoms with Gasteiger partial charge in [0.25, 0.3) is 5.91 Å². The van der Waals surface area contributed by atoms with Crippen molar-refractivity contribution in [2.45, 2.75) is 44.9 Å². The van der Waals surface area contributed by atoms with Crippen LogP contribution in [0.1, 0.15) is 60.0 Å². The van der Waals surface area contributed by atoms with Crippen molar-refractivity contribution >= 4 is 28.5 Å². The van der Waals surface area contributed by atoms with Crippen LogP contribution in [0.2, 0.25) is 0 Å². The molecule has 1 fully saturated rings. The summed E-state index contributed by atoms with van der Waals surface area (Å²) in [5.74, 6) is -0.873. The average Bonchev–Trinajstić information content (AvgIpc) is 2.64. The molecule has 28 heavy (non-hydrogen) atoms. The van der Waals surface area contributed by atoms with Crippen LogP contribution >= 0.6 is 22.6 Å². The maximum absolute atomic E-state index is 14.2. The van der Waals surface area contributed by atoms with Gasteiger partial charge in [-0.2, -0.15) is 0 Å². The van der Waals surface area contributed by atoms with Crippen LogP contribution < -0.4 is 10.5 Å². The van der Waals surface area contributed by atoms with Gasteiger partial charge in [0.1, 0.15) is 17.4 Å². The van der Waals surface area contributed by atoms with Gasteiger partial charge in [0, 0.05) is 16.1 Å². The highest BCUT2D eigenvalue weighted by molar-refractivity contribution is 14.1. The van der Waals surface area contributed by atoms with Crippen LogP contribution in [0.5, 0.6) is 5.75 Å². The monoisotopic (exact) mass is 499 g/mol. The molecule has 0 radical (unpaired) electrons. The van der Waals surface area contributed by atoms with E-state index in [0.717, 1.165) is 9.99 Å². The lowest BCUT2D eigenvalue weighted by Crippen LogP contribution is -2.18. The van der Waals surface area contributed by atoms with Gasteiger partial charge >= 0.3 is 0 Å². The SMILES string of the molecule is NC(=O)c1c(Cc2ccc(I)cc2F)cc(F)cc1OCCC1CCCCC1. The third-order valence-electron chi connectivity index (χ3n) is 5.30. The number of rotatable bonds is 7. The van der Waals surface area contributed by atoms with E-state index >= 15 is 0 Å². The molecule has 1 aliphatic carbocycles. The zero-order valence-corrected chi connectivity index (χ0v) is 17.8. The number of hydrogen-bond acceptors (Lipinski definition) is 2. The van der Waals surface area contributed by atoms with Crippen LogP contribution in [0, 0.1) is 21.1 Å². The van der Waals surface area contributed by atoms with Crippen molar-refractivity contribution in [3.05, 3.63) is 62.2 Å². The highest BCUT2D eigenvalue weighted by Crippen LogP contribution is 2.29. The molecule has 0 bridgehead atoms. The Bertz CT molecular complexity index is 851. The molecule has 0 unspecified atom stereocenters. The number of carbonyl (C=O) groups excluding carboxylic acids is 1. The predicted molar refractivity (Wildman–Crippen MR) is 114 cm³/mol. The Morgan fingerprint density at radius 2 is 1.86 bits per heavy atom. The van der Waals surface area contributed by atoms with Gasteiger partial charge in [-0.15, -0.1) is 0 Å². The predicted octanol–water partition coefficient (Wildman–Crippen LogP) is 5.61. The average molecular weight is 499 g/mol. The topological polar surface area (TPSA) is 52.3 Å². The Labute approximate surface area is 177 Å².